The van der Waals surface area contributed by atoms with Crippen molar-refractivity contribution in [2.45, 2.75) is 31.8 Å². The van der Waals surface area contributed by atoms with Gasteiger partial charge in [-0.3, -0.25) is 0 Å². The smallest absolute Gasteiger partial charge is 0.211 e. The lowest BCUT2D eigenvalue weighted by Crippen LogP contribution is -2.27. The number of nitrogens with zero attached hydrogens (tertiary/aromatic N) is 4. The fourth-order valence-corrected chi connectivity index (χ4v) is 3.59. The van der Waals surface area contributed by atoms with Crippen LogP contribution in [0.25, 0.3) is 22.1 Å². The highest BCUT2D eigenvalue weighted by Gasteiger charge is 2.09. The molecule has 6 heteroatoms. The van der Waals surface area contributed by atoms with E-state index in [9.17, 15) is 0 Å². The monoisotopic (exact) mass is 329 g/mol. The molecule has 0 amide bonds. The van der Waals surface area contributed by atoms with Crippen molar-refractivity contribution in [1.82, 2.24) is 25.1 Å². The summed E-state index contributed by atoms with van der Waals surface area (Å²) in [6.45, 7) is 7.85. The Kier molecular flexibility index (Phi) is 5.46. The number of thioether (sulfide) groups is 1. The quantitative estimate of drug-likeness (QED) is 0.638. The van der Waals surface area contributed by atoms with E-state index in [-0.39, 0.29) is 0 Å². The third kappa shape index (κ3) is 3.82. The number of rotatable bonds is 8. The highest BCUT2D eigenvalue weighted by Crippen LogP contribution is 2.23. The summed E-state index contributed by atoms with van der Waals surface area (Å²) in [6.07, 6.45) is 2.40. The third-order valence-corrected chi connectivity index (χ3v) is 4.64. The van der Waals surface area contributed by atoms with E-state index in [1.54, 1.807) is 11.8 Å². The van der Waals surface area contributed by atoms with E-state index in [4.69, 9.17) is 0 Å². The summed E-state index contributed by atoms with van der Waals surface area (Å²) >= 11 is 1.68. The van der Waals surface area contributed by atoms with Gasteiger partial charge in [0.15, 0.2) is 5.65 Å². The molecule has 122 valence electrons. The van der Waals surface area contributed by atoms with Gasteiger partial charge in [0.05, 0.1) is 0 Å². The predicted octanol–water partition coefficient (Wildman–Crippen LogP) is 3.72. The van der Waals surface area contributed by atoms with Gasteiger partial charge in [-0.05, 0) is 32.0 Å². The standard InChI is InChI=1S/C17H23N5S/c1-3-9-22(10-4-2)11-12-23-17-19-16-15(20-21-17)13-7-5-6-8-14(13)18-16/h5-8H,3-4,9-12H2,1-2H3,(H,18,19,21). The molecule has 2 heterocycles. The lowest BCUT2D eigenvalue weighted by molar-refractivity contribution is 0.292. The van der Waals surface area contributed by atoms with Crippen molar-refractivity contribution in [2.75, 3.05) is 25.4 Å². The van der Waals surface area contributed by atoms with Crippen LogP contribution >= 0.6 is 11.8 Å². The Labute approximate surface area is 140 Å². The van der Waals surface area contributed by atoms with Crippen LogP contribution in [0.3, 0.4) is 0 Å². The third-order valence-electron chi connectivity index (χ3n) is 3.82. The second-order valence-electron chi connectivity index (χ2n) is 5.65. The molecular formula is C17H23N5S. The Morgan fingerprint density at radius 2 is 1.83 bits per heavy atom. The minimum absolute atomic E-state index is 0.747. The summed E-state index contributed by atoms with van der Waals surface area (Å²) in [5.74, 6) is 0.993. The van der Waals surface area contributed by atoms with E-state index in [1.165, 1.54) is 12.8 Å². The van der Waals surface area contributed by atoms with Gasteiger partial charge < -0.3 is 9.88 Å². The fraction of sp³-hybridized carbons (Fsp3) is 0.471. The first-order valence-corrected chi connectivity index (χ1v) is 9.26. The first kappa shape index (κ1) is 16.2. The van der Waals surface area contributed by atoms with Crippen molar-refractivity contribution in [1.29, 1.82) is 0 Å². The highest BCUT2D eigenvalue weighted by molar-refractivity contribution is 7.99. The second-order valence-corrected chi connectivity index (χ2v) is 6.71. The van der Waals surface area contributed by atoms with E-state index in [2.05, 4.69) is 38.9 Å². The molecule has 3 aromatic rings. The first-order valence-electron chi connectivity index (χ1n) is 8.28. The van der Waals surface area contributed by atoms with Gasteiger partial charge in [0.2, 0.25) is 5.16 Å². The van der Waals surface area contributed by atoms with Gasteiger partial charge in [-0.1, -0.05) is 43.8 Å². The molecule has 5 nitrogen and oxygen atoms in total. The van der Waals surface area contributed by atoms with Crippen LogP contribution in [-0.2, 0) is 0 Å². The van der Waals surface area contributed by atoms with Gasteiger partial charge >= 0.3 is 0 Å². The molecule has 0 aliphatic rings. The number of para-hydroxylation sites is 1. The van der Waals surface area contributed by atoms with Crippen molar-refractivity contribution in [3.05, 3.63) is 24.3 Å². The first-order chi connectivity index (χ1) is 11.3. The van der Waals surface area contributed by atoms with Crippen LogP contribution in [0.4, 0.5) is 0 Å². The zero-order valence-electron chi connectivity index (χ0n) is 13.7. The Hall–Kier alpha value is -1.66. The summed E-state index contributed by atoms with van der Waals surface area (Å²) < 4.78 is 0. The maximum absolute atomic E-state index is 4.62. The van der Waals surface area contributed by atoms with Crippen LogP contribution in [0.15, 0.2) is 29.4 Å². The number of aromatic amines is 1. The van der Waals surface area contributed by atoms with Gasteiger partial charge in [0, 0.05) is 23.2 Å². The molecule has 0 saturated carbocycles. The molecule has 0 spiro atoms. The van der Waals surface area contributed by atoms with Gasteiger partial charge in [-0.2, -0.15) is 0 Å². The maximum atomic E-state index is 4.62. The summed E-state index contributed by atoms with van der Waals surface area (Å²) in [7, 11) is 0. The van der Waals surface area contributed by atoms with Crippen LogP contribution in [0.2, 0.25) is 0 Å². The van der Waals surface area contributed by atoms with E-state index >= 15 is 0 Å². The van der Waals surface area contributed by atoms with Crippen LogP contribution in [0, 0.1) is 0 Å². The lowest BCUT2D eigenvalue weighted by Gasteiger charge is -2.20. The molecule has 0 saturated heterocycles. The zero-order valence-corrected chi connectivity index (χ0v) is 14.6. The molecule has 3 rings (SSSR count). The zero-order chi connectivity index (χ0) is 16.1. The molecular weight excluding hydrogens is 306 g/mol. The number of aromatic nitrogens is 4. The summed E-state index contributed by atoms with van der Waals surface area (Å²) in [5.41, 5.74) is 2.73. The van der Waals surface area contributed by atoms with Crippen LogP contribution < -0.4 is 0 Å². The molecule has 2 aromatic heterocycles. The molecule has 1 aromatic carbocycles. The van der Waals surface area contributed by atoms with Crippen molar-refractivity contribution in [2.24, 2.45) is 0 Å². The average Bonchev–Trinajstić information content (AvgIpc) is 2.93. The molecule has 0 unspecified atom stereocenters. The Bertz CT molecular complexity index is 764. The fourth-order valence-electron chi connectivity index (χ4n) is 2.80. The minimum atomic E-state index is 0.747. The summed E-state index contributed by atoms with van der Waals surface area (Å²) in [4.78, 5) is 10.4. The van der Waals surface area contributed by atoms with Crippen molar-refractivity contribution in [3.63, 3.8) is 0 Å². The Morgan fingerprint density at radius 3 is 2.61 bits per heavy atom. The molecule has 0 fully saturated rings. The van der Waals surface area contributed by atoms with Crippen molar-refractivity contribution in [3.8, 4) is 0 Å². The molecule has 0 atom stereocenters. The van der Waals surface area contributed by atoms with Gasteiger partial charge in [0.1, 0.15) is 5.52 Å². The van der Waals surface area contributed by atoms with Crippen LogP contribution in [-0.4, -0.2) is 50.5 Å². The number of nitrogens with one attached hydrogen (secondary N) is 1. The summed E-state index contributed by atoms with van der Waals surface area (Å²) in [6, 6.07) is 8.11. The second kappa shape index (κ2) is 7.75. The van der Waals surface area contributed by atoms with Crippen molar-refractivity contribution >= 4 is 33.8 Å². The average molecular weight is 329 g/mol. The minimum Gasteiger partial charge on any atom is -0.338 e. The van der Waals surface area contributed by atoms with Crippen molar-refractivity contribution < 1.29 is 0 Å². The largest absolute Gasteiger partial charge is 0.338 e. The number of fused-ring (bicyclic) bond motifs is 3. The SMILES string of the molecule is CCCN(CCC)CCSc1nnc2c(n1)[nH]c1ccccc12. The van der Waals surface area contributed by atoms with Gasteiger partial charge in [0.25, 0.3) is 0 Å². The lowest BCUT2D eigenvalue weighted by atomic mass is 10.2. The Morgan fingerprint density at radius 1 is 1.04 bits per heavy atom. The van der Waals surface area contributed by atoms with Crippen LogP contribution in [0.5, 0.6) is 0 Å². The topological polar surface area (TPSA) is 57.7 Å². The molecule has 0 aliphatic heterocycles. The molecule has 0 radical (unpaired) electrons. The predicted molar refractivity (Wildman–Crippen MR) is 96.9 cm³/mol. The Balaban J connectivity index is 1.67. The number of benzene rings is 1. The van der Waals surface area contributed by atoms with Gasteiger partial charge in [-0.25, -0.2) is 4.98 Å². The molecule has 0 aliphatic carbocycles. The number of hydrogen-bond donors (Lipinski definition) is 1. The van der Waals surface area contributed by atoms with Gasteiger partial charge in [-0.15, -0.1) is 10.2 Å². The normalized spacial score (nSPS) is 11.8. The summed E-state index contributed by atoms with van der Waals surface area (Å²) in [5, 5.41) is 10.5. The number of hydrogen-bond acceptors (Lipinski definition) is 5. The number of H-pyrrole nitrogens is 1. The van der Waals surface area contributed by atoms with E-state index in [0.29, 0.717) is 0 Å². The maximum Gasteiger partial charge on any atom is 0.211 e. The van der Waals surface area contributed by atoms with E-state index in [0.717, 1.165) is 52.6 Å². The molecule has 0 bridgehead atoms. The van der Waals surface area contributed by atoms with Crippen LogP contribution in [0.1, 0.15) is 26.7 Å². The highest BCUT2D eigenvalue weighted by atomic mass is 32.2. The molecule has 1 N–H and O–H groups in total. The van der Waals surface area contributed by atoms with E-state index in [1.807, 2.05) is 24.3 Å². The van der Waals surface area contributed by atoms with E-state index < -0.39 is 0 Å². The molecule has 23 heavy (non-hydrogen) atoms.